The topological polar surface area (TPSA) is 49.4 Å². The first kappa shape index (κ1) is 18.9. The van der Waals surface area contributed by atoms with Crippen molar-refractivity contribution < 1.29 is 9.59 Å². The molecule has 1 N–H and O–H groups in total. The summed E-state index contributed by atoms with van der Waals surface area (Å²) in [5.74, 6) is -0.0319. The van der Waals surface area contributed by atoms with E-state index in [9.17, 15) is 9.59 Å². The number of nitrogens with zero attached hydrogens (tertiary/aromatic N) is 1. The molecule has 0 unspecified atom stereocenters. The van der Waals surface area contributed by atoms with Gasteiger partial charge in [0.1, 0.15) is 0 Å². The van der Waals surface area contributed by atoms with Crippen LogP contribution in [0.3, 0.4) is 0 Å². The van der Waals surface area contributed by atoms with Crippen LogP contribution in [0.15, 0.2) is 54.6 Å². The Morgan fingerprint density at radius 2 is 1.65 bits per heavy atom. The second kappa shape index (κ2) is 10.6. The van der Waals surface area contributed by atoms with Crippen LogP contribution >= 0.6 is 15.9 Å². The minimum absolute atomic E-state index is 0.0319. The van der Waals surface area contributed by atoms with Crippen LogP contribution in [-0.2, 0) is 16.0 Å². The number of carbonyl (C=O) groups is 2. The van der Waals surface area contributed by atoms with Crippen LogP contribution in [0.4, 0.5) is 5.69 Å². The van der Waals surface area contributed by atoms with Gasteiger partial charge in [0.2, 0.25) is 12.3 Å². The predicted molar refractivity (Wildman–Crippen MR) is 97.9 cm³/mol. The van der Waals surface area contributed by atoms with Crippen LogP contribution in [-0.4, -0.2) is 36.6 Å². The molecule has 0 heterocycles. The number of hydrogen-bond acceptors (Lipinski definition) is 2. The van der Waals surface area contributed by atoms with Gasteiger partial charge < -0.3 is 10.2 Å². The van der Waals surface area contributed by atoms with E-state index in [1.165, 1.54) is 10.5 Å². The van der Waals surface area contributed by atoms with Crippen molar-refractivity contribution in [3.8, 4) is 0 Å². The third kappa shape index (κ3) is 7.61. The van der Waals surface area contributed by atoms with Gasteiger partial charge >= 0.3 is 0 Å². The molecule has 0 radical (unpaired) electrons. The molecule has 2 amide bonds. The zero-order valence-corrected chi connectivity index (χ0v) is 14.9. The van der Waals surface area contributed by atoms with Gasteiger partial charge in [0.05, 0.1) is 5.33 Å². The fourth-order valence-electron chi connectivity index (χ4n) is 1.80. The standard InChI is InChI=1S/C15H14BrNO.C3H7NO/c16-11-15(18)17-14-9-5-4-8-13(14)10-12-6-2-1-3-7-12;1-4(2)3-5/h1-9H,10-11H2,(H,17,18);3H,1-2H3. The van der Waals surface area contributed by atoms with Crippen molar-refractivity contribution in [2.24, 2.45) is 0 Å². The minimum atomic E-state index is -0.0319. The van der Waals surface area contributed by atoms with Crippen LogP contribution in [0.2, 0.25) is 0 Å². The summed E-state index contributed by atoms with van der Waals surface area (Å²) in [6, 6.07) is 18.1. The largest absolute Gasteiger partial charge is 0.351 e. The zero-order chi connectivity index (χ0) is 17.1. The van der Waals surface area contributed by atoms with Crippen molar-refractivity contribution >= 4 is 33.9 Å². The van der Waals surface area contributed by atoms with E-state index >= 15 is 0 Å². The lowest BCUT2D eigenvalue weighted by Gasteiger charge is -2.10. The SMILES string of the molecule is CN(C)C=O.O=C(CBr)Nc1ccccc1Cc1ccccc1. The first-order chi connectivity index (χ1) is 11.1. The third-order valence-corrected chi connectivity index (χ3v) is 3.37. The lowest BCUT2D eigenvalue weighted by Crippen LogP contribution is -2.13. The molecule has 2 aromatic carbocycles. The molecule has 0 aliphatic heterocycles. The van der Waals surface area contributed by atoms with Gasteiger partial charge in [0.15, 0.2) is 0 Å². The van der Waals surface area contributed by atoms with Crippen molar-refractivity contribution in [2.45, 2.75) is 6.42 Å². The summed E-state index contributed by atoms with van der Waals surface area (Å²) in [6.45, 7) is 0. The van der Waals surface area contributed by atoms with Gasteiger partial charge in [-0.1, -0.05) is 64.5 Å². The Balaban J connectivity index is 0.000000463. The smallest absolute Gasteiger partial charge is 0.235 e. The van der Waals surface area contributed by atoms with E-state index in [4.69, 9.17) is 0 Å². The van der Waals surface area contributed by atoms with Crippen LogP contribution in [0, 0.1) is 0 Å². The molecule has 23 heavy (non-hydrogen) atoms. The molecular formula is C18H21BrN2O2. The van der Waals surface area contributed by atoms with Gasteiger partial charge in [-0.15, -0.1) is 0 Å². The fraction of sp³-hybridized carbons (Fsp3) is 0.222. The Labute approximate surface area is 145 Å². The number of para-hydroxylation sites is 1. The van der Waals surface area contributed by atoms with E-state index in [2.05, 4.69) is 33.4 Å². The molecule has 5 heteroatoms. The van der Waals surface area contributed by atoms with Crippen molar-refractivity contribution in [1.82, 2.24) is 4.90 Å². The zero-order valence-electron chi connectivity index (χ0n) is 13.3. The molecule has 0 fully saturated rings. The summed E-state index contributed by atoms with van der Waals surface area (Å²) in [6.07, 6.45) is 1.57. The Morgan fingerprint density at radius 3 is 2.22 bits per heavy atom. The van der Waals surface area contributed by atoms with Gasteiger partial charge in [0.25, 0.3) is 0 Å². The van der Waals surface area contributed by atoms with Crippen LogP contribution in [0.1, 0.15) is 11.1 Å². The number of hydrogen-bond donors (Lipinski definition) is 1. The highest BCUT2D eigenvalue weighted by Crippen LogP contribution is 2.19. The molecule has 0 aliphatic rings. The summed E-state index contributed by atoms with van der Waals surface area (Å²) >= 11 is 3.15. The lowest BCUT2D eigenvalue weighted by molar-refractivity contribution is -0.116. The molecule has 4 nitrogen and oxygen atoms in total. The molecule has 0 saturated heterocycles. The van der Waals surface area contributed by atoms with Crippen LogP contribution in [0.5, 0.6) is 0 Å². The summed E-state index contributed by atoms with van der Waals surface area (Å²) in [4.78, 5) is 22.3. The van der Waals surface area contributed by atoms with Gasteiger partial charge in [-0.05, 0) is 23.6 Å². The highest BCUT2D eigenvalue weighted by molar-refractivity contribution is 9.09. The molecular weight excluding hydrogens is 356 g/mol. The van der Waals surface area contributed by atoms with E-state index in [0.29, 0.717) is 5.33 Å². The van der Waals surface area contributed by atoms with Crippen molar-refractivity contribution in [2.75, 3.05) is 24.7 Å². The first-order valence-corrected chi connectivity index (χ1v) is 8.28. The Kier molecular flexibility index (Phi) is 8.68. The third-order valence-electron chi connectivity index (χ3n) is 2.86. The average molecular weight is 377 g/mol. The highest BCUT2D eigenvalue weighted by Gasteiger charge is 2.05. The summed E-state index contributed by atoms with van der Waals surface area (Å²) in [5.41, 5.74) is 3.24. The Hall–Kier alpha value is -2.14. The highest BCUT2D eigenvalue weighted by atomic mass is 79.9. The molecule has 0 saturated carbocycles. The van der Waals surface area contributed by atoms with E-state index in [1.807, 2.05) is 42.5 Å². The Bertz CT molecular complexity index is 615. The normalized spacial score (nSPS) is 9.35. The molecule has 0 aromatic heterocycles. The van der Waals surface area contributed by atoms with Crippen LogP contribution < -0.4 is 5.32 Å². The van der Waals surface area contributed by atoms with Gasteiger partial charge in [0, 0.05) is 19.8 Å². The van der Waals surface area contributed by atoms with E-state index in [1.54, 1.807) is 14.1 Å². The van der Waals surface area contributed by atoms with E-state index in [-0.39, 0.29) is 5.91 Å². The first-order valence-electron chi connectivity index (χ1n) is 7.16. The number of alkyl halides is 1. The molecule has 0 atom stereocenters. The number of rotatable bonds is 5. The number of anilines is 1. The molecule has 2 rings (SSSR count). The predicted octanol–water partition coefficient (Wildman–Crippen LogP) is 3.32. The average Bonchev–Trinajstić information content (AvgIpc) is 2.58. The number of amides is 2. The molecule has 0 bridgehead atoms. The van der Waals surface area contributed by atoms with Gasteiger partial charge in [-0.3, -0.25) is 9.59 Å². The van der Waals surface area contributed by atoms with Crippen molar-refractivity contribution in [3.05, 3.63) is 65.7 Å². The maximum absolute atomic E-state index is 11.4. The van der Waals surface area contributed by atoms with Crippen molar-refractivity contribution in [1.29, 1.82) is 0 Å². The van der Waals surface area contributed by atoms with Crippen LogP contribution in [0.25, 0.3) is 0 Å². The summed E-state index contributed by atoms with van der Waals surface area (Å²) in [5, 5.41) is 3.21. The molecule has 122 valence electrons. The quantitative estimate of drug-likeness (QED) is 0.642. The summed E-state index contributed by atoms with van der Waals surface area (Å²) < 4.78 is 0. The summed E-state index contributed by atoms with van der Waals surface area (Å²) in [7, 11) is 3.38. The number of benzene rings is 2. The maximum atomic E-state index is 11.4. The second-order valence-electron chi connectivity index (χ2n) is 5.07. The number of carbonyl (C=O) groups excluding carboxylic acids is 2. The monoisotopic (exact) mass is 376 g/mol. The fourth-order valence-corrected chi connectivity index (χ4v) is 1.94. The minimum Gasteiger partial charge on any atom is -0.351 e. The van der Waals surface area contributed by atoms with Crippen molar-refractivity contribution in [3.63, 3.8) is 0 Å². The molecule has 2 aromatic rings. The lowest BCUT2D eigenvalue weighted by atomic mass is 10.0. The van der Waals surface area contributed by atoms with E-state index < -0.39 is 0 Å². The maximum Gasteiger partial charge on any atom is 0.235 e. The number of nitrogens with one attached hydrogen (secondary N) is 1. The molecule has 0 aliphatic carbocycles. The Morgan fingerprint density at radius 1 is 1.09 bits per heavy atom. The number of halogens is 1. The van der Waals surface area contributed by atoms with E-state index in [0.717, 1.165) is 24.1 Å². The molecule has 0 spiro atoms. The van der Waals surface area contributed by atoms with Gasteiger partial charge in [-0.2, -0.15) is 0 Å². The van der Waals surface area contributed by atoms with Gasteiger partial charge in [-0.25, -0.2) is 0 Å². The second-order valence-corrected chi connectivity index (χ2v) is 5.63.